The van der Waals surface area contributed by atoms with Crippen molar-refractivity contribution in [2.75, 3.05) is 24.7 Å². The van der Waals surface area contributed by atoms with Gasteiger partial charge in [-0.3, -0.25) is 28.9 Å². The number of benzene rings is 2. The van der Waals surface area contributed by atoms with Gasteiger partial charge in [-0.1, -0.05) is 18.6 Å². The molecule has 5 aromatic rings. The maximum Gasteiger partial charge on any atom is 0.715 e. The summed E-state index contributed by atoms with van der Waals surface area (Å²) in [4.78, 5) is 75.1. The molecule has 61 heavy (non-hydrogen) atoms. The fraction of sp³-hybridized carbons (Fsp3) is 0.405. The number of hydrogen-bond acceptors (Lipinski definition) is 11. The Kier molecular flexibility index (Phi) is 12.4. The first-order valence-electron chi connectivity index (χ1n) is 19.7. The van der Waals surface area contributed by atoms with Crippen LogP contribution in [0.25, 0.3) is 27.5 Å². The van der Waals surface area contributed by atoms with Gasteiger partial charge in [-0.15, -0.1) is 0 Å². The Hall–Kier alpha value is -6.37. The van der Waals surface area contributed by atoms with Gasteiger partial charge in [0, 0.05) is 63.2 Å². The van der Waals surface area contributed by atoms with Gasteiger partial charge in [-0.25, -0.2) is 18.5 Å². The summed E-state index contributed by atoms with van der Waals surface area (Å²) in [7, 11) is 1.50. The number of aromatic nitrogens is 4. The number of aryl methyl sites for hydroxylation is 2. The largest absolute Gasteiger partial charge is 0.715 e. The molecule has 2 fully saturated rings. The molecule has 0 radical (unpaired) electrons. The minimum absolute atomic E-state index is 0.0136. The van der Waals surface area contributed by atoms with E-state index in [0.29, 0.717) is 29.3 Å². The summed E-state index contributed by atoms with van der Waals surface area (Å²) in [6, 6.07) is 6.18. The van der Waals surface area contributed by atoms with E-state index in [1.807, 2.05) is 0 Å². The van der Waals surface area contributed by atoms with E-state index in [0.717, 1.165) is 34.8 Å². The topological polar surface area (TPSA) is 178 Å². The Morgan fingerprint density at radius 1 is 1.05 bits per heavy atom. The molecule has 0 spiro atoms. The van der Waals surface area contributed by atoms with Crippen LogP contribution in [0.4, 0.5) is 23.2 Å². The second-order valence-electron chi connectivity index (χ2n) is 15.0. The van der Waals surface area contributed by atoms with Gasteiger partial charge in [-0.05, 0) is 61.2 Å². The normalized spacial score (nSPS) is 17.2. The second kappa shape index (κ2) is 17.7. The first-order chi connectivity index (χ1) is 29.1. The lowest BCUT2D eigenvalue weighted by atomic mass is 9.98. The highest BCUT2D eigenvalue weighted by Crippen LogP contribution is 2.33. The van der Waals surface area contributed by atoms with Gasteiger partial charge >= 0.3 is 30.3 Å². The quantitative estimate of drug-likeness (QED) is 0.0875. The number of halogens is 4. The summed E-state index contributed by atoms with van der Waals surface area (Å²) < 4.78 is 81.1. The Morgan fingerprint density at radius 2 is 1.82 bits per heavy atom. The fourth-order valence-corrected chi connectivity index (χ4v) is 7.85. The molecular formula is C42H43F4N6O9+. The number of nitrogens with zero attached hydrogens (tertiary/aromatic N) is 5. The Balaban J connectivity index is 1.21. The van der Waals surface area contributed by atoms with Crippen LogP contribution < -0.4 is 21.5 Å². The zero-order valence-corrected chi connectivity index (χ0v) is 33.4. The maximum atomic E-state index is 15.9. The van der Waals surface area contributed by atoms with Gasteiger partial charge in [-0.2, -0.15) is 13.2 Å². The average Bonchev–Trinajstić information content (AvgIpc) is 3.23. The van der Waals surface area contributed by atoms with Crippen LogP contribution in [0, 0.1) is 12.7 Å². The number of anilines is 1. The molecule has 1 amide bonds. The summed E-state index contributed by atoms with van der Waals surface area (Å²) in [5.41, 5.74) is -0.931. The van der Waals surface area contributed by atoms with Crippen molar-refractivity contribution in [3.05, 3.63) is 104 Å². The number of rotatable bonds is 10. The Bertz CT molecular complexity index is 2590. The van der Waals surface area contributed by atoms with E-state index in [1.54, 1.807) is 12.1 Å². The molecule has 1 saturated heterocycles. The lowest BCUT2D eigenvalue weighted by Crippen LogP contribution is -2.53. The summed E-state index contributed by atoms with van der Waals surface area (Å²) >= 11 is 0. The van der Waals surface area contributed by atoms with E-state index in [9.17, 15) is 37.1 Å². The molecule has 322 valence electrons. The standard InChI is InChI=1S/C42H42F4N6O9/c1-23-18-26(51-16-17-58-22-34(51)42(44,45)46)20-30(43)35(23)37(53)49-31(39(55)59-24(2)60-41(57)61-27-8-5-4-6-9-27)19-25-11-12-32(36-28(25)10-7-14-48-36)52-38(54)29-13-15-47-21-33(29)50(3)40(52)56/h7,10-15,18,20-21,24,27,31,34H,4-6,8-9,16-17,19,22H2,1-3H3,(H,49,53)/p+1/t24?,31-,34+/m0/s1. The number of nitrogens with one attached hydrogen (secondary N) is 1. The summed E-state index contributed by atoms with van der Waals surface area (Å²) in [5.74, 6) is -3.29. The predicted molar refractivity (Wildman–Crippen MR) is 214 cm³/mol. The van der Waals surface area contributed by atoms with Gasteiger partial charge in [0.1, 0.15) is 17.9 Å². The fourth-order valence-electron chi connectivity index (χ4n) is 7.85. The number of carbonyl (C=O) groups is 2. The van der Waals surface area contributed by atoms with Crippen LogP contribution in [0.5, 0.6) is 0 Å². The van der Waals surface area contributed by atoms with Crippen molar-refractivity contribution in [1.82, 2.24) is 24.4 Å². The molecule has 2 N–H and O–H groups in total. The van der Waals surface area contributed by atoms with Crippen molar-refractivity contribution in [3.63, 3.8) is 0 Å². The zero-order chi connectivity index (χ0) is 43.6. The van der Waals surface area contributed by atoms with Crippen LogP contribution in [-0.2, 0) is 37.2 Å². The van der Waals surface area contributed by atoms with Crippen molar-refractivity contribution in [3.8, 4) is 5.69 Å². The smallest absolute Gasteiger partial charge is 0.407 e. The molecule has 19 heteroatoms. The van der Waals surface area contributed by atoms with Crippen molar-refractivity contribution in [2.24, 2.45) is 7.05 Å². The van der Waals surface area contributed by atoms with Crippen LogP contribution in [-0.4, -0.2) is 92.3 Å². The van der Waals surface area contributed by atoms with Gasteiger partial charge in [0.25, 0.3) is 11.5 Å². The van der Waals surface area contributed by atoms with Crippen LogP contribution in [0.2, 0.25) is 0 Å². The number of hydrogen-bond donors (Lipinski definition) is 1. The molecular weight excluding hydrogens is 808 g/mol. The molecule has 1 aliphatic heterocycles. The van der Waals surface area contributed by atoms with E-state index in [2.05, 4.69) is 15.3 Å². The SMILES string of the molecule is Cc1cc(N2CCOC[C@@H]2C(F)(F)F)cc(F)c1C(=O)N[C@@H](Cc1ccc(-n2c(=O)c3ccncc3n(C)c2=O)c2ncccc12)C(=O)OC(C)OC(=[OH+])OC1CCCCC1. The minimum atomic E-state index is -4.68. The van der Waals surface area contributed by atoms with Gasteiger partial charge in [0.05, 0.1) is 47.1 Å². The van der Waals surface area contributed by atoms with E-state index in [-0.39, 0.29) is 53.5 Å². The third-order valence-electron chi connectivity index (χ3n) is 10.9. The zero-order valence-electron chi connectivity index (χ0n) is 33.4. The number of pyridine rings is 2. The van der Waals surface area contributed by atoms with Crippen molar-refractivity contribution in [2.45, 2.75) is 83.0 Å². The highest BCUT2D eigenvalue weighted by molar-refractivity contribution is 5.99. The van der Waals surface area contributed by atoms with Crippen LogP contribution in [0.15, 0.2) is 70.6 Å². The molecule has 7 rings (SSSR count). The molecule has 2 aromatic carbocycles. The highest BCUT2D eigenvalue weighted by Gasteiger charge is 2.46. The summed E-state index contributed by atoms with van der Waals surface area (Å²) in [6.07, 6.45) is 1.01. The van der Waals surface area contributed by atoms with Crippen LogP contribution in [0.3, 0.4) is 0 Å². The number of ether oxygens (including phenoxy) is 4. The van der Waals surface area contributed by atoms with Crippen LogP contribution >= 0.6 is 0 Å². The molecule has 0 bridgehead atoms. The first kappa shape index (κ1) is 42.7. The van der Waals surface area contributed by atoms with E-state index < -0.39 is 71.8 Å². The lowest BCUT2D eigenvalue weighted by molar-refractivity contribution is -0.169. The average molecular weight is 852 g/mol. The predicted octanol–water partition coefficient (Wildman–Crippen LogP) is 4.90. The van der Waals surface area contributed by atoms with E-state index in [4.69, 9.17) is 18.9 Å². The van der Waals surface area contributed by atoms with Crippen molar-refractivity contribution >= 4 is 45.5 Å². The molecule has 4 heterocycles. The van der Waals surface area contributed by atoms with Gasteiger partial charge in [0.2, 0.25) is 0 Å². The summed E-state index contributed by atoms with van der Waals surface area (Å²) in [5, 5.41) is 3.12. The van der Waals surface area contributed by atoms with Gasteiger partial charge < -0.3 is 29.2 Å². The Labute approximate surface area is 345 Å². The first-order valence-corrected chi connectivity index (χ1v) is 19.7. The number of alkyl halides is 3. The molecule has 1 unspecified atom stereocenters. The van der Waals surface area contributed by atoms with E-state index in [1.165, 1.54) is 68.3 Å². The van der Waals surface area contributed by atoms with Gasteiger partial charge in [0.15, 0.2) is 6.10 Å². The number of carbonyl (C=O) groups excluding carboxylic acids is 3. The molecule has 15 nitrogen and oxygen atoms in total. The minimum Gasteiger partial charge on any atom is -0.407 e. The molecule has 3 aromatic heterocycles. The molecule has 1 saturated carbocycles. The van der Waals surface area contributed by atoms with Crippen molar-refractivity contribution in [1.29, 1.82) is 0 Å². The molecule has 1 aliphatic carbocycles. The third-order valence-corrected chi connectivity index (χ3v) is 10.9. The van der Waals surface area contributed by atoms with Crippen LogP contribution in [0.1, 0.15) is 60.5 Å². The Morgan fingerprint density at radius 3 is 2.56 bits per heavy atom. The number of fused-ring (bicyclic) bond motifs is 2. The monoisotopic (exact) mass is 851 g/mol. The third kappa shape index (κ3) is 9.06. The van der Waals surface area contributed by atoms with Crippen molar-refractivity contribution < 1.29 is 50.9 Å². The summed E-state index contributed by atoms with van der Waals surface area (Å²) in [6.45, 7) is 1.81. The molecule has 3 atom stereocenters. The molecule has 2 aliphatic rings. The lowest BCUT2D eigenvalue weighted by Gasteiger charge is -2.38. The number of amides is 1. The number of morpholine rings is 1. The number of esters is 1. The van der Waals surface area contributed by atoms with E-state index >= 15 is 4.39 Å². The maximum absolute atomic E-state index is 15.9. The second-order valence-corrected chi connectivity index (χ2v) is 15.0. The highest BCUT2D eigenvalue weighted by atomic mass is 19.4.